The van der Waals surface area contributed by atoms with Crippen LogP contribution in [0.25, 0.3) is 0 Å². The third kappa shape index (κ3) is 0.914. The first-order valence-corrected chi connectivity index (χ1v) is 3.94. The van der Waals surface area contributed by atoms with Crippen molar-refractivity contribution >= 4 is 0 Å². The van der Waals surface area contributed by atoms with Crippen molar-refractivity contribution in [1.29, 1.82) is 0 Å². The summed E-state index contributed by atoms with van der Waals surface area (Å²) >= 11 is 0. The molecule has 1 aromatic heterocycles. The van der Waals surface area contributed by atoms with Gasteiger partial charge in [0.05, 0.1) is 12.3 Å². The normalized spacial score (nSPS) is 15.8. The van der Waals surface area contributed by atoms with E-state index in [9.17, 15) is 0 Å². The zero-order chi connectivity index (χ0) is 7.84. The number of hydrogen-bond acceptors (Lipinski definition) is 2. The van der Waals surface area contributed by atoms with E-state index >= 15 is 0 Å². The molecule has 2 heterocycles. The summed E-state index contributed by atoms with van der Waals surface area (Å²) in [4.78, 5) is 0. The fraction of sp³-hybridized carbons (Fsp3) is 0.625. The molecule has 0 fully saturated rings. The van der Waals surface area contributed by atoms with Crippen LogP contribution >= 0.6 is 0 Å². The molecule has 0 spiro atoms. The average Bonchev–Trinajstić information content (AvgIpc) is 2.30. The molecule has 2 rings (SSSR count). The predicted molar refractivity (Wildman–Crippen MR) is 41.8 cm³/mol. The quantitative estimate of drug-likeness (QED) is 0.555. The molecule has 0 radical (unpaired) electrons. The Hall–Kier alpha value is -0.990. The lowest BCUT2D eigenvalue weighted by Crippen LogP contribution is -2.09. The summed E-state index contributed by atoms with van der Waals surface area (Å²) in [6.07, 6.45) is 2.24. The van der Waals surface area contributed by atoms with Crippen LogP contribution in [0.1, 0.15) is 17.7 Å². The molecule has 3 nitrogen and oxygen atoms in total. The summed E-state index contributed by atoms with van der Waals surface area (Å²) in [7, 11) is 1.93. The van der Waals surface area contributed by atoms with Crippen LogP contribution in [0.3, 0.4) is 0 Å². The van der Waals surface area contributed by atoms with Gasteiger partial charge in [0.1, 0.15) is 0 Å². The predicted octanol–water partition coefficient (Wildman–Crippen LogP) is 1.05. The molecule has 0 aromatic carbocycles. The van der Waals surface area contributed by atoms with Gasteiger partial charge in [-0.1, -0.05) is 0 Å². The van der Waals surface area contributed by atoms with Crippen molar-refractivity contribution < 1.29 is 4.74 Å². The first-order valence-electron chi connectivity index (χ1n) is 3.94. The van der Waals surface area contributed by atoms with Crippen molar-refractivity contribution in [2.45, 2.75) is 19.8 Å². The number of aromatic nitrogens is 2. The number of fused-ring (bicyclic) bond motifs is 1. The number of nitrogens with zero attached hydrogens (tertiary/aromatic N) is 2. The van der Waals surface area contributed by atoms with Gasteiger partial charge in [-0.25, -0.2) is 4.68 Å². The van der Waals surface area contributed by atoms with Crippen molar-refractivity contribution in [2.75, 3.05) is 6.61 Å². The van der Waals surface area contributed by atoms with Crippen LogP contribution < -0.4 is 4.74 Å². The van der Waals surface area contributed by atoms with Gasteiger partial charge in [0.2, 0.25) is 5.88 Å². The summed E-state index contributed by atoms with van der Waals surface area (Å²) in [5.74, 6) is 0.966. The van der Waals surface area contributed by atoms with Crippen LogP contribution in [0.15, 0.2) is 0 Å². The molecule has 0 amide bonds. The zero-order valence-corrected chi connectivity index (χ0v) is 6.92. The van der Waals surface area contributed by atoms with Crippen LogP contribution in [0.4, 0.5) is 0 Å². The van der Waals surface area contributed by atoms with Crippen molar-refractivity contribution in [2.24, 2.45) is 7.05 Å². The van der Waals surface area contributed by atoms with E-state index in [1.165, 1.54) is 5.56 Å². The van der Waals surface area contributed by atoms with E-state index in [2.05, 4.69) is 5.10 Å². The third-order valence-corrected chi connectivity index (χ3v) is 2.10. The minimum absolute atomic E-state index is 0.839. The van der Waals surface area contributed by atoms with Gasteiger partial charge in [0.15, 0.2) is 0 Å². The molecule has 0 atom stereocenters. The minimum Gasteiger partial charge on any atom is -0.478 e. The molecular weight excluding hydrogens is 140 g/mol. The Morgan fingerprint density at radius 2 is 2.36 bits per heavy atom. The topological polar surface area (TPSA) is 27.1 Å². The van der Waals surface area contributed by atoms with E-state index in [1.54, 1.807) is 0 Å². The van der Waals surface area contributed by atoms with Crippen molar-refractivity contribution in [3.05, 3.63) is 11.3 Å². The lowest BCUT2D eigenvalue weighted by molar-refractivity contribution is 0.264. The van der Waals surface area contributed by atoms with Crippen LogP contribution in [0.5, 0.6) is 5.88 Å². The molecule has 11 heavy (non-hydrogen) atoms. The number of hydrogen-bond donors (Lipinski definition) is 0. The molecule has 0 unspecified atom stereocenters. The highest BCUT2D eigenvalue weighted by atomic mass is 16.5. The molecule has 0 saturated carbocycles. The Balaban J connectivity index is 2.52. The van der Waals surface area contributed by atoms with Gasteiger partial charge in [-0.05, 0) is 19.8 Å². The second-order valence-electron chi connectivity index (χ2n) is 2.94. The largest absolute Gasteiger partial charge is 0.478 e. The molecular formula is C8H12N2O. The molecule has 0 aliphatic carbocycles. The third-order valence-electron chi connectivity index (χ3n) is 2.10. The van der Waals surface area contributed by atoms with Crippen LogP contribution in [0.2, 0.25) is 0 Å². The van der Waals surface area contributed by atoms with E-state index < -0.39 is 0 Å². The summed E-state index contributed by atoms with van der Waals surface area (Å²) in [6, 6.07) is 0. The fourth-order valence-electron chi connectivity index (χ4n) is 1.57. The smallest absolute Gasteiger partial charge is 0.215 e. The van der Waals surface area contributed by atoms with Crippen molar-refractivity contribution in [1.82, 2.24) is 9.78 Å². The van der Waals surface area contributed by atoms with Gasteiger partial charge in [-0.3, -0.25) is 0 Å². The number of ether oxygens (including phenoxy) is 1. The van der Waals surface area contributed by atoms with Gasteiger partial charge in [0, 0.05) is 12.6 Å². The van der Waals surface area contributed by atoms with Crippen LogP contribution in [0, 0.1) is 6.92 Å². The lowest BCUT2D eigenvalue weighted by Gasteiger charge is -2.13. The Kier molecular flexibility index (Phi) is 1.37. The molecule has 1 aliphatic rings. The second kappa shape index (κ2) is 2.26. The fourth-order valence-corrected chi connectivity index (χ4v) is 1.57. The average molecular weight is 152 g/mol. The van der Waals surface area contributed by atoms with Gasteiger partial charge in [-0.15, -0.1) is 0 Å². The number of aryl methyl sites for hydroxylation is 2. The lowest BCUT2D eigenvalue weighted by atomic mass is 10.1. The summed E-state index contributed by atoms with van der Waals surface area (Å²) in [6.45, 7) is 2.87. The molecule has 3 heteroatoms. The maximum atomic E-state index is 5.48. The molecule has 60 valence electrons. The highest BCUT2D eigenvalue weighted by Crippen LogP contribution is 2.26. The van der Waals surface area contributed by atoms with E-state index in [4.69, 9.17) is 4.74 Å². The van der Waals surface area contributed by atoms with Crippen LogP contribution in [-0.4, -0.2) is 16.4 Å². The Morgan fingerprint density at radius 1 is 1.55 bits per heavy atom. The first-order chi connectivity index (χ1) is 5.29. The monoisotopic (exact) mass is 152 g/mol. The highest BCUT2D eigenvalue weighted by Gasteiger charge is 2.17. The first kappa shape index (κ1) is 6.70. The van der Waals surface area contributed by atoms with Crippen LogP contribution in [-0.2, 0) is 13.5 Å². The molecule has 0 saturated heterocycles. The van der Waals surface area contributed by atoms with E-state index in [0.717, 1.165) is 31.0 Å². The van der Waals surface area contributed by atoms with Gasteiger partial charge < -0.3 is 4.74 Å². The zero-order valence-electron chi connectivity index (χ0n) is 6.92. The molecule has 1 aromatic rings. The SMILES string of the molecule is Cc1nn(C)c2c1CCCO2. The van der Waals surface area contributed by atoms with E-state index in [-0.39, 0.29) is 0 Å². The van der Waals surface area contributed by atoms with Gasteiger partial charge in [0.25, 0.3) is 0 Å². The molecule has 0 N–H and O–H groups in total. The van der Waals surface area contributed by atoms with E-state index in [1.807, 2.05) is 18.7 Å². The number of rotatable bonds is 0. The molecule has 1 aliphatic heterocycles. The van der Waals surface area contributed by atoms with Crippen molar-refractivity contribution in [3.63, 3.8) is 0 Å². The van der Waals surface area contributed by atoms with Crippen molar-refractivity contribution in [3.8, 4) is 5.88 Å². The Labute approximate surface area is 66.0 Å². The summed E-state index contributed by atoms with van der Waals surface area (Å²) in [5, 5.41) is 4.28. The maximum Gasteiger partial charge on any atom is 0.215 e. The second-order valence-corrected chi connectivity index (χ2v) is 2.94. The van der Waals surface area contributed by atoms with Gasteiger partial charge in [-0.2, -0.15) is 5.10 Å². The Morgan fingerprint density at radius 3 is 3.09 bits per heavy atom. The van der Waals surface area contributed by atoms with E-state index in [0.29, 0.717) is 0 Å². The van der Waals surface area contributed by atoms with Gasteiger partial charge >= 0.3 is 0 Å². The maximum absolute atomic E-state index is 5.48. The standard InChI is InChI=1S/C8H12N2O/c1-6-7-4-3-5-11-8(7)10(2)9-6/h3-5H2,1-2H3. The Bertz CT molecular complexity index is 251. The highest BCUT2D eigenvalue weighted by molar-refractivity contribution is 5.32. The summed E-state index contributed by atoms with van der Waals surface area (Å²) < 4.78 is 7.30. The molecule has 0 bridgehead atoms. The summed E-state index contributed by atoms with van der Waals surface area (Å²) in [5.41, 5.74) is 2.40. The minimum atomic E-state index is 0.839.